The van der Waals surface area contributed by atoms with Crippen LogP contribution < -0.4 is 5.32 Å². The van der Waals surface area contributed by atoms with Gasteiger partial charge < -0.3 is 10.1 Å². The maximum Gasteiger partial charge on any atom is 0.0700 e. The van der Waals surface area contributed by atoms with Crippen LogP contribution in [0.15, 0.2) is 12.3 Å². The Bertz CT molecular complexity index is 331. The van der Waals surface area contributed by atoms with Crippen molar-refractivity contribution in [3.8, 4) is 0 Å². The molecule has 0 radical (unpaired) electrons. The van der Waals surface area contributed by atoms with Crippen LogP contribution >= 0.6 is 0 Å². The van der Waals surface area contributed by atoms with Gasteiger partial charge in [0.15, 0.2) is 0 Å². The van der Waals surface area contributed by atoms with E-state index in [0.29, 0.717) is 12.1 Å². The molecule has 1 fully saturated rings. The van der Waals surface area contributed by atoms with E-state index in [9.17, 15) is 0 Å². The molecule has 1 saturated heterocycles. The monoisotopic (exact) mass is 237 g/mol. The smallest absolute Gasteiger partial charge is 0.0700 e. The minimum Gasteiger partial charge on any atom is -0.377 e. The van der Waals surface area contributed by atoms with Crippen LogP contribution in [0.4, 0.5) is 0 Å². The highest BCUT2D eigenvalue weighted by atomic mass is 16.5. The van der Waals surface area contributed by atoms with Gasteiger partial charge in [0.05, 0.1) is 11.8 Å². The number of aromatic nitrogens is 2. The number of nitrogens with one attached hydrogen (secondary N) is 1. The molecule has 0 spiro atoms. The molecule has 1 aliphatic heterocycles. The van der Waals surface area contributed by atoms with E-state index < -0.39 is 0 Å². The van der Waals surface area contributed by atoms with Gasteiger partial charge in [0.2, 0.25) is 0 Å². The molecule has 0 amide bonds. The molecule has 4 heteroatoms. The van der Waals surface area contributed by atoms with Crippen molar-refractivity contribution in [2.24, 2.45) is 0 Å². The fourth-order valence-corrected chi connectivity index (χ4v) is 2.22. The quantitative estimate of drug-likeness (QED) is 0.823. The first kappa shape index (κ1) is 12.6. The Morgan fingerprint density at radius 3 is 3.24 bits per heavy atom. The second-order valence-corrected chi connectivity index (χ2v) is 4.79. The van der Waals surface area contributed by atoms with Crippen LogP contribution in [-0.4, -0.2) is 29.0 Å². The zero-order valence-corrected chi connectivity index (χ0v) is 10.9. The molecule has 2 heterocycles. The van der Waals surface area contributed by atoms with Crippen molar-refractivity contribution >= 4 is 0 Å². The highest BCUT2D eigenvalue weighted by Crippen LogP contribution is 2.13. The van der Waals surface area contributed by atoms with E-state index in [1.54, 1.807) is 0 Å². The second kappa shape index (κ2) is 6.17. The minimum atomic E-state index is 0.412. The Balaban J connectivity index is 1.79. The molecule has 1 aromatic rings. The molecule has 4 nitrogen and oxygen atoms in total. The van der Waals surface area contributed by atoms with E-state index in [0.717, 1.165) is 26.1 Å². The highest BCUT2D eigenvalue weighted by Gasteiger charge is 2.15. The number of ether oxygens (including phenoxy) is 1. The molecule has 0 aromatic carbocycles. The van der Waals surface area contributed by atoms with Crippen LogP contribution in [0.1, 0.15) is 44.8 Å². The SMILES string of the molecule is CC[C@@H](C)n1nccc1CNC[C@H]1CCCO1. The summed E-state index contributed by atoms with van der Waals surface area (Å²) in [6.07, 6.45) is 5.81. The van der Waals surface area contributed by atoms with Crippen molar-refractivity contribution < 1.29 is 4.74 Å². The lowest BCUT2D eigenvalue weighted by atomic mass is 10.2. The van der Waals surface area contributed by atoms with E-state index in [1.807, 2.05) is 6.20 Å². The molecule has 1 aliphatic rings. The fraction of sp³-hybridized carbons (Fsp3) is 0.769. The molecule has 0 saturated carbocycles. The van der Waals surface area contributed by atoms with Crippen molar-refractivity contribution in [3.05, 3.63) is 18.0 Å². The molecular formula is C13H23N3O. The van der Waals surface area contributed by atoms with Gasteiger partial charge in [-0.25, -0.2) is 0 Å². The topological polar surface area (TPSA) is 39.1 Å². The van der Waals surface area contributed by atoms with Gasteiger partial charge in [0.1, 0.15) is 0 Å². The predicted octanol–water partition coefficient (Wildman–Crippen LogP) is 2.12. The molecular weight excluding hydrogens is 214 g/mol. The summed E-state index contributed by atoms with van der Waals surface area (Å²) in [6.45, 7) is 7.15. The van der Waals surface area contributed by atoms with E-state index in [4.69, 9.17) is 4.74 Å². The maximum absolute atomic E-state index is 5.59. The molecule has 96 valence electrons. The lowest BCUT2D eigenvalue weighted by Crippen LogP contribution is -2.27. The molecule has 1 aromatic heterocycles. The summed E-state index contributed by atoms with van der Waals surface area (Å²) < 4.78 is 7.70. The number of nitrogens with zero attached hydrogens (tertiary/aromatic N) is 2. The summed E-state index contributed by atoms with van der Waals surface area (Å²) in [6, 6.07) is 2.57. The first-order valence-electron chi connectivity index (χ1n) is 6.66. The van der Waals surface area contributed by atoms with Crippen molar-refractivity contribution in [1.29, 1.82) is 0 Å². The van der Waals surface area contributed by atoms with Gasteiger partial charge in [-0.05, 0) is 32.3 Å². The van der Waals surface area contributed by atoms with Gasteiger partial charge in [0.25, 0.3) is 0 Å². The maximum atomic E-state index is 5.59. The van der Waals surface area contributed by atoms with Crippen LogP contribution in [0.25, 0.3) is 0 Å². The minimum absolute atomic E-state index is 0.412. The predicted molar refractivity (Wildman–Crippen MR) is 67.9 cm³/mol. The lowest BCUT2D eigenvalue weighted by molar-refractivity contribution is 0.109. The van der Waals surface area contributed by atoms with Crippen LogP contribution in [0.5, 0.6) is 0 Å². The largest absolute Gasteiger partial charge is 0.377 e. The second-order valence-electron chi connectivity index (χ2n) is 4.79. The highest BCUT2D eigenvalue weighted by molar-refractivity contribution is 5.01. The molecule has 0 unspecified atom stereocenters. The fourth-order valence-electron chi connectivity index (χ4n) is 2.22. The standard InChI is InChI=1S/C13H23N3O/c1-3-11(2)16-12(6-7-15-16)9-14-10-13-5-4-8-17-13/h6-7,11,13-14H,3-5,8-10H2,1-2H3/t11-,13-/m1/s1. The van der Waals surface area contributed by atoms with Crippen molar-refractivity contribution in [2.75, 3.05) is 13.2 Å². The summed E-state index contributed by atoms with van der Waals surface area (Å²) in [5.41, 5.74) is 1.26. The van der Waals surface area contributed by atoms with Gasteiger partial charge in [0, 0.05) is 31.9 Å². The van der Waals surface area contributed by atoms with Gasteiger partial charge in [-0.2, -0.15) is 5.10 Å². The van der Waals surface area contributed by atoms with E-state index in [1.165, 1.54) is 18.5 Å². The summed E-state index contributed by atoms with van der Waals surface area (Å²) in [7, 11) is 0. The Labute approximate surface area is 103 Å². The molecule has 2 atom stereocenters. The third-order valence-corrected chi connectivity index (χ3v) is 3.46. The Morgan fingerprint density at radius 2 is 2.53 bits per heavy atom. The molecule has 0 aliphatic carbocycles. The number of rotatable bonds is 6. The Hall–Kier alpha value is -0.870. The normalized spacial score (nSPS) is 21.9. The lowest BCUT2D eigenvalue weighted by Gasteiger charge is -2.15. The van der Waals surface area contributed by atoms with Gasteiger partial charge in [-0.15, -0.1) is 0 Å². The summed E-state index contributed by atoms with van der Waals surface area (Å²) in [4.78, 5) is 0. The summed E-state index contributed by atoms with van der Waals surface area (Å²) >= 11 is 0. The average molecular weight is 237 g/mol. The number of hydrogen-bond donors (Lipinski definition) is 1. The van der Waals surface area contributed by atoms with E-state index in [2.05, 4.69) is 35.0 Å². The summed E-state index contributed by atoms with van der Waals surface area (Å²) in [5, 5.41) is 7.85. The molecule has 0 bridgehead atoms. The third-order valence-electron chi connectivity index (χ3n) is 3.46. The first-order chi connectivity index (χ1) is 8.31. The van der Waals surface area contributed by atoms with Crippen LogP contribution in [-0.2, 0) is 11.3 Å². The molecule has 2 rings (SSSR count). The zero-order chi connectivity index (χ0) is 12.1. The van der Waals surface area contributed by atoms with Gasteiger partial charge in [-0.3, -0.25) is 4.68 Å². The molecule has 1 N–H and O–H groups in total. The van der Waals surface area contributed by atoms with Crippen LogP contribution in [0.2, 0.25) is 0 Å². The van der Waals surface area contributed by atoms with Crippen LogP contribution in [0.3, 0.4) is 0 Å². The zero-order valence-electron chi connectivity index (χ0n) is 10.9. The molecule has 17 heavy (non-hydrogen) atoms. The Morgan fingerprint density at radius 1 is 1.65 bits per heavy atom. The van der Waals surface area contributed by atoms with E-state index >= 15 is 0 Å². The van der Waals surface area contributed by atoms with Crippen molar-refractivity contribution in [2.45, 2.75) is 51.8 Å². The number of hydrogen-bond acceptors (Lipinski definition) is 3. The van der Waals surface area contributed by atoms with Gasteiger partial charge in [-0.1, -0.05) is 6.92 Å². The van der Waals surface area contributed by atoms with Crippen molar-refractivity contribution in [1.82, 2.24) is 15.1 Å². The first-order valence-corrected chi connectivity index (χ1v) is 6.66. The Kier molecular flexibility index (Phi) is 4.57. The average Bonchev–Trinajstić information content (AvgIpc) is 2.99. The van der Waals surface area contributed by atoms with Gasteiger partial charge >= 0.3 is 0 Å². The van der Waals surface area contributed by atoms with E-state index in [-0.39, 0.29) is 0 Å². The van der Waals surface area contributed by atoms with Crippen molar-refractivity contribution in [3.63, 3.8) is 0 Å². The summed E-state index contributed by atoms with van der Waals surface area (Å²) in [5.74, 6) is 0. The third kappa shape index (κ3) is 3.30. The van der Waals surface area contributed by atoms with Crippen LogP contribution in [0, 0.1) is 0 Å².